The molecule has 0 spiro atoms. The van der Waals surface area contributed by atoms with Gasteiger partial charge < -0.3 is 0 Å². The summed E-state index contributed by atoms with van der Waals surface area (Å²) < 4.78 is 11.3. The van der Waals surface area contributed by atoms with Gasteiger partial charge in [-0.3, -0.25) is 0 Å². The summed E-state index contributed by atoms with van der Waals surface area (Å²) in [5.74, 6) is 0.374. The topological polar surface area (TPSA) is 68.2 Å². The van der Waals surface area contributed by atoms with Gasteiger partial charge in [0.15, 0.2) is 0 Å². The molecule has 25 heavy (non-hydrogen) atoms. The SMILES string of the molecule is CN(C(=O)C(C)(C)Oc1ccc(Cl)cc1)c1cc[c]([Ge][O]OO)cc1. The Kier molecular flexibility index (Phi) is 6.86. The fourth-order valence-corrected chi connectivity index (χ4v) is 3.22. The number of carbonyl (C=O) groups is 1. The van der Waals surface area contributed by atoms with Crippen LogP contribution in [0.4, 0.5) is 5.69 Å². The van der Waals surface area contributed by atoms with Crippen LogP contribution in [0.15, 0.2) is 48.5 Å². The van der Waals surface area contributed by atoms with Gasteiger partial charge in [-0.1, -0.05) is 11.6 Å². The second-order valence-electron chi connectivity index (χ2n) is 5.74. The van der Waals surface area contributed by atoms with Crippen LogP contribution in [-0.2, 0) is 13.7 Å². The summed E-state index contributed by atoms with van der Waals surface area (Å²) in [5.41, 5.74) is -0.332. The molecule has 0 fully saturated rings. The molecule has 6 nitrogen and oxygen atoms in total. The molecule has 0 heterocycles. The fourth-order valence-electron chi connectivity index (χ4n) is 2.18. The number of amides is 1. The van der Waals surface area contributed by atoms with Crippen LogP contribution in [-0.4, -0.2) is 39.6 Å². The van der Waals surface area contributed by atoms with Crippen LogP contribution in [0, 0.1) is 0 Å². The molecule has 0 aliphatic rings. The number of anilines is 1. The zero-order valence-electron chi connectivity index (χ0n) is 14.0. The van der Waals surface area contributed by atoms with Crippen molar-refractivity contribution < 1.29 is 23.7 Å². The van der Waals surface area contributed by atoms with Gasteiger partial charge in [0.25, 0.3) is 0 Å². The number of halogens is 1. The van der Waals surface area contributed by atoms with Gasteiger partial charge in [0.1, 0.15) is 0 Å². The summed E-state index contributed by atoms with van der Waals surface area (Å²) in [4.78, 5) is 14.3. The summed E-state index contributed by atoms with van der Waals surface area (Å²) in [6, 6.07) is 14.1. The normalized spacial score (nSPS) is 11.2. The number of likely N-dealkylation sites (N-methyl/N-ethyl adjacent to an activating group) is 1. The van der Waals surface area contributed by atoms with Crippen molar-refractivity contribution in [3.8, 4) is 5.75 Å². The molecule has 0 aliphatic heterocycles. The summed E-state index contributed by atoms with van der Waals surface area (Å²) in [6.45, 7) is 3.43. The van der Waals surface area contributed by atoms with Crippen LogP contribution in [0.3, 0.4) is 0 Å². The average molecular weight is 424 g/mol. The Bertz CT molecular complexity index is 706. The predicted octanol–water partition coefficient (Wildman–Crippen LogP) is 2.83. The molecule has 0 aromatic heterocycles. The van der Waals surface area contributed by atoms with Gasteiger partial charge in [-0.25, -0.2) is 0 Å². The summed E-state index contributed by atoms with van der Waals surface area (Å²) in [6.07, 6.45) is 0. The number of rotatable bonds is 7. The third-order valence-electron chi connectivity index (χ3n) is 3.46. The standard InChI is InChI=1S/C17H18ClGeNO5/c1-17(2,23-15-10-4-12(18)5-11-15)16(21)20(3)14-8-6-13(7-9-14)19-24-25-22/h4-11,22H,1-3H3. The van der Waals surface area contributed by atoms with Crippen molar-refractivity contribution in [2.45, 2.75) is 19.4 Å². The van der Waals surface area contributed by atoms with Gasteiger partial charge in [0.2, 0.25) is 0 Å². The van der Waals surface area contributed by atoms with E-state index in [1.807, 2.05) is 12.1 Å². The third kappa shape index (κ3) is 5.45. The van der Waals surface area contributed by atoms with Crippen LogP contribution in [0.25, 0.3) is 0 Å². The molecule has 1 N–H and O–H groups in total. The first-order valence-corrected chi connectivity index (χ1v) is 9.68. The number of hydrogen-bond acceptors (Lipinski definition) is 5. The number of ether oxygens (including phenoxy) is 1. The van der Waals surface area contributed by atoms with Crippen LogP contribution in [0.1, 0.15) is 13.8 Å². The molecule has 0 saturated carbocycles. The molecule has 0 atom stereocenters. The molecule has 1 amide bonds. The van der Waals surface area contributed by atoms with Crippen molar-refractivity contribution in [2.24, 2.45) is 0 Å². The minimum atomic E-state index is -1.05. The maximum atomic E-state index is 12.8. The Morgan fingerprint density at radius 1 is 1.12 bits per heavy atom. The van der Waals surface area contributed by atoms with Crippen LogP contribution >= 0.6 is 11.6 Å². The molecule has 132 valence electrons. The molecule has 0 aliphatic carbocycles. The summed E-state index contributed by atoms with van der Waals surface area (Å²) in [7, 11) is 1.69. The third-order valence-corrected chi connectivity index (χ3v) is 5.23. The Labute approximate surface area is 157 Å². The fraction of sp³-hybridized carbons (Fsp3) is 0.235. The van der Waals surface area contributed by atoms with Gasteiger partial charge in [0, 0.05) is 0 Å². The molecule has 0 bridgehead atoms. The van der Waals surface area contributed by atoms with E-state index in [2.05, 4.69) is 8.95 Å². The Morgan fingerprint density at radius 3 is 2.28 bits per heavy atom. The Hall–Kier alpha value is -1.58. The zero-order chi connectivity index (χ0) is 18.4. The van der Waals surface area contributed by atoms with E-state index in [0.717, 1.165) is 10.1 Å². The predicted molar refractivity (Wildman–Crippen MR) is 96.2 cm³/mol. The van der Waals surface area contributed by atoms with Gasteiger partial charge in [0.05, 0.1) is 0 Å². The van der Waals surface area contributed by atoms with Crippen molar-refractivity contribution in [2.75, 3.05) is 11.9 Å². The first-order valence-electron chi connectivity index (χ1n) is 7.39. The first-order chi connectivity index (χ1) is 11.8. The van der Waals surface area contributed by atoms with E-state index >= 15 is 0 Å². The number of carbonyl (C=O) groups excluding carboxylic acids is 1. The molecule has 2 aromatic rings. The molecule has 0 saturated heterocycles. The summed E-state index contributed by atoms with van der Waals surface area (Å²) in [5, 5.41) is 12.4. The quantitative estimate of drug-likeness (QED) is 0.421. The second kappa shape index (κ2) is 8.68. The van der Waals surface area contributed by atoms with Gasteiger partial charge in [-0.05, 0) is 0 Å². The van der Waals surface area contributed by atoms with Gasteiger partial charge in [-0.2, -0.15) is 0 Å². The number of hydrogen-bond donors (Lipinski definition) is 1. The number of benzene rings is 2. The van der Waals surface area contributed by atoms with Crippen molar-refractivity contribution in [3.63, 3.8) is 0 Å². The Balaban J connectivity index is 2.07. The van der Waals surface area contributed by atoms with E-state index < -0.39 is 21.4 Å². The van der Waals surface area contributed by atoms with E-state index in [4.69, 9.17) is 21.6 Å². The maximum absolute atomic E-state index is 12.8. The first kappa shape index (κ1) is 19.7. The van der Waals surface area contributed by atoms with Crippen LogP contribution < -0.4 is 14.0 Å². The zero-order valence-corrected chi connectivity index (χ0v) is 16.9. The molecular weight excluding hydrogens is 406 g/mol. The van der Waals surface area contributed by atoms with Crippen molar-refractivity contribution in [3.05, 3.63) is 53.6 Å². The Morgan fingerprint density at radius 2 is 1.72 bits per heavy atom. The van der Waals surface area contributed by atoms with Crippen molar-refractivity contribution >= 4 is 43.4 Å². The number of nitrogens with zero attached hydrogens (tertiary/aromatic N) is 1. The monoisotopic (exact) mass is 425 g/mol. The molecule has 2 aromatic carbocycles. The molecule has 2 radical (unpaired) electrons. The molecule has 2 rings (SSSR count). The van der Waals surface area contributed by atoms with Crippen molar-refractivity contribution in [1.29, 1.82) is 0 Å². The van der Waals surface area contributed by atoms with Crippen LogP contribution in [0.5, 0.6) is 5.75 Å². The van der Waals surface area contributed by atoms with Gasteiger partial charge >= 0.3 is 146 Å². The van der Waals surface area contributed by atoms with E-state index in [9.17, 15) is 4.79 Å². The average Bonchev–Trinajstić information content (AvgIpc) is 2.61. The minimum absolute atomic E-state index is 0.193. The molecular formula is C17H18ClGeNO5. The van der Waals surface area contributed by atoms with E-state index in [1.165, 1.54) is 4.90 Å². The summed E-state index contributed by atoms with van der Waals surface area (Å²) >= 11 is 4.83. The van der Waals surface area contributed by atoms with E-state index in [0.29, 0.717) is 10.8 Å². The molecule has 8 heteroatoms. The van der Waals surface area contributed by atoms with E-state index in [-0.39, 0.29) is 5.91 Å². The van der Waals surface area contributed by atoms with E-state index in [1.54, 1.807) is 57.3 Å². The second-order valence-corrected chi connectivity index (χ2v) is 8.16. The van der Waals surface area contributed by atoms with Gasteiger partial charge in [-0.15, -0.1) is 0 Å². The molecule has 0 unspecified atom stereocenters. The van der Waals surface area contributed by atoms with Crippen LogP contribution in [0.2, 0.25) is 5.02 Å². The van der Waals surface area contributed by atoms with Crippen molar-refractivity contribution in [1.82, 2.24) is 0 Å².